The molecule has 0 unspecified atom stereocenters. The zero-order chi connectivity index (χ0) is 23.3. The van der Waals surface area contributed by atoms with Crippen molar-refractivity contribution in [3.8, 4) is 0 Å². The average Bonchev–Trinajstić information content (AvgIpc) is 3.59. The van der Waals surface area contributed by atoms with Crippen molar-refractivity contribution in [2.45, 2.75) is 57.9 Å². The summed E-state index contributed by atoms with van der Waals surface area (Å²) in [7, 11) is 0. The molecule has 0 atom stereocenters. The molecule has 32 heavy (non-hydrogen) atoms. The highest BCUT2D eigenvalue weighted by molar-refractivity contribution is 5.98. The molecule has 2 aromatic rings. The number of nitrogens with zero attached hydrogens (tertiary/aromatic N) is 2. The lowest BCUT2D eigenvalue weighted by atomic mass is 9.96. The lowest BCUT2D eigenvalue weighted by molar-refractivity contribution is -0.150. The summed E-state index contributed by atoms with van der Waals surface area (Å²) in [5.74, 6) is -1.08. The first-order valence-electron chi connectivity index (χ1n) is 11.0. The number of nitrogens with one attached hydrogen (secondary N) is 1. The van der Waals surface area contributed by atoms with E-state index in [9.17, 15) is 19.2 Å². The van der Waals surface area contributed by atoms with Gasteiger partial charge in [0, 0.05) is 13.1 Å². The van der Waals surface area contributed by atoms with Crippen molar-refractivity contribution >= 4 is 23.4 Å². The number of benzene rings is 1. The molecule has 0 spiro atoms. The van der Waals surface area contributed by atoms with Crippen LogP contribution in [-0.2, 0) is 26.3 Å². The van der Waals surface area contributed by atoms with Gasteiger partial charge in [-0.05, 0) is 31.2 Å². The number of nitrogen functional groups attached to an aromatic ring is 1. The molecule has 0 aliphatic heterocycles. The van der Waals surface area contributed by atoms with E-state index in [1.165, 1.54) is 9.47 Å². The van der Waals surface area contributed by atoms with Gasteiger partial charge in [0.25, 0.3) is 11.5 Å². The number of anilines is 2. The Morgan fingerprint density at radius 3 is 2.44 bits per heavy atom. The molecule has 9 nitrogen and oxygen atoms in total. The van der Waals surface area contributed by atoms with Crippen LogP contribution in [0.25, 0.3) is 0 Å². The zero-order valence-corrected chi connectivity index (χ0v) is 18.6. The van der Waals surface area contributed by atoms with Gasteiger partial charge in [0.1, 0.15) is 5.82 Å². The molecule has 1 fully saturated rings. The number of carbonyl (C=O) groups is 2. The van der Waals surface area contributed by atoms with E-state index in [4.69, 9.17) is 10.5 Å². The van der Waals surface area contributed by atoms with E-state index >= 15 is 0 Å². The van der Waals surface area contributed by atoms with E-state index in [0.717, 1.165) is 12.0 Å². The molecule has 1 aromatic heterocycles. The molecule has 1 aromatic carbocycles. The second-order valence-corrected chi connectivity index (χ2v) is 8.07. The van der Waals surface area contributed by atoms with E-state index in [-0.39, 0.29) is 18.1 Å². The number of H-pyrrole nitrogens is 1. The summed E-state index contributed by atoms with van der Waals surface area (Å²) in [4.78, 5) is 54.0. The molecule has 1 amide bonds. The SMILES string of the molecule is CCCCN(C(=O)COC(=O)C1(c2ccccc2)CC1)c1c(N)n(CCC)c(=O)[nH]c1=O. The van der Waals surface area contributed by atoms with E-state index in [2.05, 4.69) is 4.98 Å². The Bertz CT molecular complexity index is 1090. The van der Waals surface area contributed by atoms with Crippen molar-refractivity contribution < 1.29 is 14.3 Å². The van der Waals surface area contributed by atoms with Gasteiger partial charge in [-0.1, -0.05) is 50.6 Å². The molecule has 3 N–H and O–H groups in total. The molecule has 1 heterocycles. The summed E-state index contributed by atoms with van der Waals surface area (Å²) in [6.07, 6.45) is 3.33. The predicted molar refractivity (Wildman–Crippen MR) is 122 cm³/mol. The molecule has 9 heteroatoms. The molecule has 0 saturated heterocycles. The zero-order valence-electron chi connectivity index (χ0n) is 18.6. The van der Waals surface area contributed by atoms with Crippen molar-refractivity contribution in [1.82, 2.24) is 9.55 Å². The van der Waals surface area contributed by atoms with E-state index in [1.54, 1.807) is 0 Å². The number of carbonyl (C=O) groups excluding carboxylic acids is 2. The third-order valence-electron chi connectivity index (χ3n) is 5.76. The number of rotatable bonds is 10. The first kappa shape index (κ1) is 23.3. The van der Waals surface area contributed by atoms with E-state index in [1.807, 2.05) is 44.2 Å². The molecule has 1 aliphatic rings. The van der Waals surface area contributed by atoms with Gasteiger partial charge in [-0.3, -0.25) is 23.9 Å². The Morgan fingerprint density at radius 2 is 1.84 bits per heavy atom. The normalized spacial score (nSPS) is 14.1. The minimum atomic E-state index is -0.737. The predicted octanol–water partition coefficient (Wildman–Crippen LogP) is 1.94. The summed E-state index contributed by atoms with van der Waals surface area (Å²) < 4.78 is 6.64. The van der Waals surface area contributed by atoms with Gasteiger partial charge in [0.2, 0.25) is 0 Å². The molecule has 0 radical (unpaired) electrons. The summed E-state index contributed by atoms with van der Waals surface area (Å²) >= 11 is 0. The van der Waals surface area contributed by atoms with Crippen LogP contribution >= 0.6 is 0 Å². The Hall–Kier alpha value is -3.36. The monoisotopic (exact) mass is 442 g/mol. The van der Waals surface area contributed by atoms with Crippen molar-refractivity contribution in [1.29, 1.82) is 0 Å². The van der Waals surface area contributed by atoms with Crippen molar-refractivity contribution in [3.63, 3.8) is 0 Å². The number of amides is 1. The Balaban J connectivity index is 1.82. The molecule has 0 bridgehead atoms. The largest absolute Gasteiger partial charge is 0.455 e. The molecule has 3 rings (SSSR count). The second kappa shape index (κ2) is 9.84. The van der Waals surface area contributed by atoms with E-state index in [0.29, 0.717) is 32.2 Å². The first-order chi connectivity index (χ1) is 15.4. The fraction of sp³-hybridized carbons (Fsp3) is 0.478. The molecular weight excluding hydrogens is 412 g/mol. The van der Waals surface area contributed by atoms with Crippen LogP contribution in [0.4, 0.5) is 11.5 Å². The van der Waals surface area contributed by atoms with Crippen molar-refractivity contribution in [2.24, 2.45) is 0 Å². The topological polar surface area (TPSA) is 127 Å². The number of nitrogens with two attached hydrogens (primary N) is 1. The highest BCUT2D eigenvalue weighted by atomic mass is 16.5. The average molecular weight is 443 g/mol. The van der Waals surface area contributed by atoms with Gasteiger partial charge in [-0.15, -0.1) is 0 Å². The summed E-state index contributed by atoms with van der Waals surface area (Å²) in [6.45, 7) is 3.83. The van der Waals surface area contributed by atoms with Crippen LogP contribution < -0.4 is 21.9 Å². The number of aromatic amines is 1. The number of aromatic nitrogens is 2. The number of unbranched alkanes of at least 4 members (excludes halogenated alkanes) is 1. The van der Waals surface area contributed by atoms with Crippen LogP contribution in [0.5, 0.6) is 0 Å². The second-order valence-electron chi connectivity index (χ2n) is 8.07. The molecule has 172 valence electrons. The highest BCUT2D eigenvalue weighted by Gasteiger charge is 2.52. The van der Waals surface area contributed by atoms with Crippen LogP contribution in [0.1, 0.15) is 51.5 Å². The lowest BCUT2D eigenvalue weighted by Gasteiger charge is -2.24. The number of hydrogen-bond donors (Lipinski definition) is 2. The summed E-state index contributed by atoms with van der Waals surface area (Å²) in [6, 6.07) is 9.35. The minimum absolute atomic E-state index is 0.0701. The fourth-order valence-electron chi connectivity index (χ4n) is 3.80. The van der Waals surface area contributed by atoms with Crippen LogP contribution in [0, 0.1) is 0 Å². The smallest absolute Gasteiger partial charge is 0.330 e. The fourth-order valence-corrected chi connectivity index (χ4v) is 3.80. The lowest BCUT2D eigenvalue weighted by Crippen LogP contribution is -2.43. The number of hydrogen-bond acceptors (Lipinski definition) is 6. The standard InChI is InChI=1S/C23H30N4O5/c1-3-5-14-26(18-19(24)27(13-4-2)22(31)25-20(18)29)17(28)15-32-21(30)23(11-12-23)16-9-7-6-8-10-16/h6-10H,3-5,11-15,24H2,1-2H3,(H,25,29,31). The maximum absolute atomic E-state index is 13.0. The van der Waals surface area contributed by atoms with Crippen molar-refractivity contribution in [2.75, 3.05) is 23.8 Å². The van der Waals surface area contributed by atoms with Crippen molar-refractivity contribution in [3.05, 3.63) is 56.7 Å². The quantitative estimate of drug-likeness (QED) is 0.541. The van der Waals surface area contributed by atoms with Crippen LogP contribution in [0.15, 0.2) is 39.9 Å². The van der Waals surface area contributed by atoms with Crippen LogP contribution in [0.3, 0.4) is 0 Å². The first-order valence-corrected chi connectivity index (χ1v) is 11.0. The molecule has 1 saturated carbocycles. The number of ether oxygens (including phenoxy) is 1. The van der Waals surface area contributed by atoms with Gasteiger partial charge in [-0.25, -0.2) is 4.79 Å². The number of esters is 1. The Labute approximate surface area is 186 Å². The maximum atomic E-state index is 13.0. The Morgan fingerprint density at radius 1 is 1.16 bits per heavy atom. The van der Waals surface area contributed by atoms with Crippen LogP contribution in [-0.4, -0.2) is 34.6 Å². The van der Waals surface area contributed by atoms with E-state index < -0.39 is 35.1 Å². The maximum Gasteiger partial charge on any atom is 0.330 e. The third-order valence-corrected chi connectivity index (χ3v) is 5.76. The van der Waals surface area contributed by atoms with Gasteiger partial charge >= 0.3 is 11.7 Å². The highest BCUT2D eigenvalue weighted by Crippen LogP contribution is 2.49. The molecule has 1 aliphatic carbocycles. The van der Waals surface area contributed by atoms with Crippen LogP contribution in [0.2, 0.25) is 0 Å². The van der Waals surface area contributed by atoms with Gasteiger partial charge in [-0.2, -0.15) is 0 Å². The summed E-state index contributed by atoms with van der Waals surface area (Å²) in [5, 5.41) is 0. The van der Waals surface area contributed by atoms with Gasteiger partial charge < -0.3 is 15.4 Å². The molecular formula is C23H30N4O5. The van der Waals surface area contributed by atoms with Gasteiger partial charge in [0.15, 0.2) is 12.3 Å². The minimum Gasteiger partial charge on any atom is -0.455 e. The Kier molecular flexibility index (Phi) is 7.17. The summed E-state index contributed by atoms with van der Waals surface area (Å²) in [5.41, 5.74) is 4.85. The third kappa shape index (κ3) is 4.61. The van der Waals surface area contributed by atoms with Gasteiger partial charge in [0.05, 0.1) is 5.41 Å².